The molecule has 1 aromatic carbocycles. The van der Waals surface area contributed by atoms with Gasteiger partial charge in [0, 0.05) is 12.1 Å². The van der Waals surface area contributed by atoms with Gasteiger partial charge in [0.2, 0.25) is 11.6 Å². The number of rotatable bonds is 3. The van der Waals surface area contributed by atoms with Crippen LogP contribution in [0.4, 0.5) is 17.6 Å². The lowest BCUT2D eigenvalue weighted by Gasteiger charge is -2.12. The van der Waals surface area contributed by atoms with Crippen molar-refractivity contribution in [1.82, 2.24) is 0 Å². The summed E-state index contributed by atoms with van der Waals surface area (Å²) in [5, 5.41) is 16.8. The van der Waals surface area contributed by atoms with Crippen LogP contribution in [0.1, 0.15) is 5.56 Å². The van der Waals surface area contributed by atoms with Gasteiger partial charge in [-0.15, -0.1) is 0 Å². The number of hydrogen-bond donors (Lipinski definition) is 3. The second-order valence-electron chi connectivity index (χ2n) is 2.71. The lowest BCUT2D eigenvalue weighted by atomic mass is 10.1. The summed E-state index contributed by atoms with van der Waals surface area (Å²) < 4.78 is 55.6. The molecule has 1 rings (SSSR count). The van der Waals surface area contributed by atoms with Crippen molar-refractivity contribution in [2.45, 2.75) is 6.54 Å². The van der Waals surface area contributed by atoms with E-state index in [9.17, 15) is 17.6 Å². The molecule has 0 bridgehead atoms. The molecule has 4 nitrogen and oxygen atoms in total. The Bertz CT molecular complexity index is 415. The Morgan fingerprint density at radius 1 is 1.00 bits per heavy atom. The van der Waals surface area contributed by atoms with Crippen LogP contribution in [0.15, 0.2) is 0 Å². The Hall–Kier alpha value is -1.32. The van der Waals surface area contributed by atoms with Gasteiger partial charge in [0.1, 0.15) is 5.75 Å². The van der Waals surface area contributed by atoms with Gasteiger partial charge >= 0.3 is 7.32 Å². The summed E-state index contributed by atoms with van der Waals surface area (Å²) in [6.45, 7) is -0.706. The van der Waals surface area contributed by atoms with Crippen LogP contribution in [0.5, 0.6) is 5.75 Å². The molecule has 0 spiro atoms. The maximum Gasteiger partial charge on any atom is 0.707 e. The van der Waals surface area contributed by atoms with E-state index < -0.39 is 48.4 Å². The van der Waals surface area contributed by atoms with Crippen LogP contribution >= 0.6 is 0 Å². The van der Waals surface area contributed by atoms with Crippen molar-refractivity contribution in [2.24, 2.45) is 5.73 Å². The lowest BCUT2D eigenvalue weighted by molar-refractivity contribution is 0.273. The summed E-state index contributed by atoms with van der Waals surface area (Å²) >= 11 is 0. The van der Waals surface area contributed by atoms with Crippen molar-refractivity contribution in [3.8, 4) is 5.75 Å². The summed E-state index contributed by atoms with van der Waals surface area (Å²) in [6.07, 6.45) is 0. The Balaban J connectivity index is 3.44. The standard InChI is InChI=1S/C7H6BF4NO3/c9-3-2(1-13)7(16-8(14)15)6(12)5(11)4(3)10/h14-15H,1,13H2. The average molecular weight is 239 g/mol. The van der Waals surface area contributed by atoms with E-state index in [2.05, 4.69) is 4.65 Å². The molecular formula is C7H6BF4NO3. The van der Waals surface area contributed by atoms with E-state index in [-0.39, 0.29) is 0 Å². The van der Waals surface area contributed by atoms with Gasteiger partial charge in [-0.25, -0.2) is 13.2 Å². The average Bonchev–Trinajstić information content (AvgIpc) is 2.23. The van der Waals surface area contributed by atoms with E-state index in [0.29, 0.717) is 0 Å². The van der Waals surface area contributed by atoms with Crippen LogP contribution < -0.4 is 10.4 Å². The van der Waals surface area contributed by atoms with Gasteiger partial charge in [-0.2, -0.15) is 4.39 Å². The Kier molecular flexibility index (Phi) is 3.73. The molecule has 0 aromatic heterocycles. The van der Waals surface area contributed by atoms with Gasteiger partial charge in [0.25, 0.3) is 0 Å². The molecule has 0 saturated heterocycles. The van der Waals surface area contributed by atoms with Gasteiger partial charge in [-0.1, -0.05) is 0 Å². The van der Waals surface area contributed by atoms with E-state index in [1.54, 1.807) is 0 Å². The van der Waals surface area contributed by atoms with E-state index in [1.807, 2.05) is 0 Å². The van der Waals surface area contributed by atoms with Crippen LogP contribution in [-0.2, 0) is 6.54 Å². The molecule has 0 amide bonds. The molecule has 4 N–H and O–H groups in total. The third-order valence-electron chi connectivity index (χ3n) is 1.74. The van der Waals surface area contributed by atoms with Crippen LogP contribution in [0.3, 0.4) is 0 Å². The Labute approximate surface area is 87.4 Å². The van der Waals surface area contributed by atoms with Gasteiger partial charge in [-0.3, -0.25) is 0 Å². The number of halogens is 4. The zero-order valence-corrected chi connectivity index (χ0v) is 7.68. The van der Waals surface area contributed by atoms with Gasteiger partial charge in [0.15, 0.2) is 11.6 Å². The zero-order chi connectivity index (χ0) is 12.5. The second-order valence-corrected chi connectivity index (χ2v) is 2.71. The highest BCUT2D eigenvalue weighted by atomic mass is 19.2. The van der Waals surface area contributed by atoms with Gasteiger partial charge in [0.05, 0.1) is 0 Å². The van der Waals surface area contributed by atoms with Crippen LogP contribution in [-0.4, -0.2) is 17.4 Å². The quantitative estimate of drug-likeness (QED) is 0.301. The van der Waals surface area contributed by atoms with Crippen molar-refractivity contribution in [3.05, 3.63) is 28.8 Å². The third kappa shape index (κ3) is 2.10. The lowest BCUT2D eigenvalue weighted by Crippen LogP contribution is -2.24. The summed E-state index contributed by atoms with van der Waals surface area (Å²) in [7, 11) is -2.51. The maximum atomic E-state index is 13.1. The maximum absolute atomic E-state index is 13.1. The van der Waals surface area contributed by atoms with E-state index in [4.69, 9.17) is 15.8 Å². The zero-order valence-electron chi connectivity index (χ0n) is 7.68. The minimum Gasteiger partial charge on any atom is -0.509 e. The highest BCUT2D eigenvalue weighted by Gasteiger charge is 2.28. The van der Waals surface area contributed by atoms with Crippen molar-refractivity contribution >= 4 is 7.32 Å². The third-order valence-corrected chi connectivity index (χ3v) is 1.74. The SMILES string of the molecule is NCc1c(F)c(F)c(F)c(F)c1OB(O)O. The topological polar surface area (TPSA) is 75.7 Å². The molecule has 88 valence electrons. The van der Waals surface area contributed by atoms with Crippen molar-refractivity contribution in [3.63, 3.8) is 0 Å². The molecule has 1 aromatic rings. The smallest absolute Gasteiger partial charge is 0.509 e. The first-order valence-electron chi connectivity index (χ1n) is 3.97. The van der Waals surface area contributed by atoms with Gasteiger partial charge < -0.3 is 20.4 Å². The fraction of sp³-hybridized carbons (Fsp3) is 0.143. The molecule has 0 atom stereocenters. The predicted octanol–water partition coefficient (Wildman–Crippen LogP) is 0.0500. The molecule has 0 saturated carbocycles. The molecule has 16 heavy (non-hydrogen) atoms. The number of nitrogens with two attached hydrogens (primary N) is 1. The largest absolute Gasteiger partial charge is 0.707 e. The van der Waals surface area contributed by atoms with Crippen molar-refractivity contribution < 1.29 is 32.3 Å². The minimum atomic E-state index is -2.51. The summed E-state index contributed by atoms with van der Waals surface area (Å²) in [5.41, 5.74) is 4.15. The first-order chi connectivity index (χ1) is 7.40. The second kappa shape index (κ2) is 4.68. The Morgan fingerprint density at radius 3 is 1.94 bits per heavy atom. The molecule has 0 aliphatic heterocycles. The Morgan fingerprint density at radius 2 is 1.50 bits per heavy atom. The summed E-state index contributed by atoms with van der Waals surface area (Å²) in [5.74, 6) is -8.96. The molecule has 9 heteroatoms. The fourth-order valence-corrected chi connectivity index (χ4v) is 1.07. The minimum absolute atomic E-state index is 0.706. The fourth-order valence-electron chi connectivity index (χ4n) is 1.07. The van der Waals surface area contributed by atoms with Crippen LogP contribution in [0, 0.1) is 23.3 Å². The molecule has 0 heterocycles. The molecule has 0 aliphatic carbocycles. The molecule has 0 aliphatic rings. The number of benzene rings is 1. The molecule has 0 radical (unpaired) electrons. The normalized spacial score (nSPS) is 10.4. The highest BCUT2D eigenvalue weighted by molar-refractivity contribution is 6.33. The van der Waals surface area contributed by atoms with Crippen molar-refractivity contribution in [2.75, 3.05) is 0 Å². The van der Waals surface area contributed by atoms with E-state index in [1.165, 1.54) is 0 Å². The molecule has 0 fully saturated rings. The van der Waals surface area contributed by atoms with Crippen molar-refractivity contribution in [1.29, 1.82) is 0 Å². The summed E-state index contributed by atoms with van der Waals surface area (Å²) in [4.78, 5) is 0. The van der Waals surface area contributed by atoms with Crippen LogP contribution in [0.2, 0.25) is 0 Å². The van der Waals surface area contributed by atoms with E-state index in [0.717, 1.165) is 0 Å². The highest BCUT2D eigenvalue weighted by Crippen LogP contribution is 2.30. The first-order valence-corrected chi connectivity index (χ1v) is 3.97. The molecule has 0 unspecified atom stereocenters. The molecular weight excluding hydrogens is 233 g/mol. The van der Waals surface area contributed by atoms with Crippen LogP contribution in [0.25, 0.3) is 0 Å². The van der Waals surface area contributed by atoms with E-state index >= 15 is 0 Å². The number of hydrogen-bond acceptors (Lipinski definition) is 4. The first kappa shape index (κ1) is 12.8. The monoisotopic (exact) mass is 239 g/mol. The van der Waals surface area contributed by atoms with Gasteiger partial charge in [-0.05, 0) is 0 Å². The summed E-state index contributed by atoms with van der Waals surface area (Å²) in [6, 6.07) is 0. The predicted molar refractivity (Wildman–Crippen MR) is 45.0 cm³/mol.